The van der Waals surface area contributed by atoms with Crippen molar-refractivity contribution in [3.05, 3.63) is 34.5 Å². The normalized spacial score (nSPS) is 14.2. The van der Waals surface area contributed by atoms with Crippen LogP contribution in [0.2, 0.25) is 0 Å². The van der Waals surface area contributed by atoms with Crippen LogP contribution < -0.4 is 10.5 Å². The van der Waals surface area contributed by atoms with Gasteiger partial charge in [0.15, 0.2) is 9.92 Å². The van der Waals surface area contributed by atoms with Crippen molar-refractivity contribution in [3.8, 4) is 0 Å². The molecule has 160 valence electrons. The molecule has 29 heavy (non-hydrogen) atoms. The van der Waals surface area contributed by atoms with Crippen LogP contribution in [-0.2, 0) is 15.5 Å². The second kappa shape index (κ2) is 8.42. The highest BCUT2D eigenvalue weighted by Gasteiger charge is 2.25. The molecule has 0 saturated carbocycles. The Bertz CT molecular complexity index is 1030. The number of nitrogens with zero attached hydrogens (tertiary/aromatic N) is 3. The maximum Gasteiger partial charge on any atom is 0.354 e. The highest BCUT2D eigenvalue weighted by atomic mass is 32.2. The fraction of sp³-hybridized carbons (Fsp3) is 0.500. The first kappa shape index (κ1) is 23.3. The van der Waals surface area contributed by atoms with E-state index in [9.17, 15) is 18.5 Å². The van der Waals surface area contributed by atoms with E-state index in [1.54, 1.807) is 13.8 Å². The number of carbonyl (C=O) groups is 1. The molecule has 2 aromatic heterocycles. The summed E-state index contributed by atoms with van der Waals surface area (Å²) in [6.45, 7) is 10.3. The van der Waals surface area contributed by atoms with Gasteiger partial charge in [-0.25, -0.2) is 23.5 Å². The van der Waals surface area contributed by atoms with Gasteiger partial charge in [-0.1, -0.05) is 27.7 Å². The van der Waals surface area contributed by atoms with Crippen LogP contribution in [0.3, 0.4) is 0 Å². The molecule has 0 aromatic carbocycles. The summed E-state index contributed by atoms with van der Waals surface area (Å²) in [5.74, 6) is -0.879. The van der Waals surface area contributed by atoms with Crippen LogP contribution in [0.4, 0.5) is 14.9 Å². The van der Waals surface area contributed by atoms with Crippen LogP contribution in [0.1, 0.15) is 69.6 Å². The number of amides is 2. The summed E-state index contributed by atoms with van der Waals surface area (Å²) in [6.07, 6.45) is 2.35. The van der Waals surface area contributed by atoms with Crippen LogP contribution in [-0.4, -0.2) is 25.3 Å². The number of nitrogens with one attached hydrogen (secondary N) is 1. The molecule has 0 fully saturated rings. The highest BCUT2D eigenvalue weighted by molar-refractivity contribution is 7.93. The van der Waals surface area contributed by atoms with E-state index in [2.05, 4.69) is 19.6 Å². The van der Waals surface area contributed by atoms with E-state index >= 15 is 0 Å². The zero-order valence-corrected chi connectivity index (χ0v) is 18.8. The van der Waals surface area contributed by atoms with Gasteiger partial charge < -0.3 is 10.4 Å². The summed E-state index contributed by atoms with van der Waals surface area (Å²) < 4.78 is 30.8. The van der Waals surface area contributed by atoms with Gasteiger partial charge in [-0.2, -0.15) is 0 Å². The molecule has 8 nitrogen and oxygen atoms in total. The molecule has 4 N–H and O–H groups in total. The van der Waals surface area contributed by atoms with Gasteiger partial charge in [-0.3, -0.25) is 4.98 Å². The summed E-state index contributed by atoms with van der Waals surface area (Å²) in [4.78, 5) is 20.6. The van der Waals surface area contributed by atoms with Crippen molar-refractivity contribution < 1.29 is 18.5 Å². The van der Waals surface area contributed by atoms with E-state index in [1.807, 2.05) is 13.8 Å². The predicted octanol–water partition coefficient (Wildman–Crippen LogP) is 4.08. The van der Waals surface area contributed by atoms with Gasteiger partial charge in [0, 0.05) is 5.56 Å². The van der Waals surface area contributed by atoms with Crippen molar-refractivity contribution >= 4 is 33.0 Å². The quantitative estimate of drug-likeness (QED) is 0.641. The molecule has 2 aromatic rings. The van der Waals surface area contributed by atoms with Gasteiger partial charge in [0.05, 0.1) is 23.8 Å². The number of halogens is 1. The van der Waals surface area contributed by atoms with Crippen LogP contribution in [0, 0.1) is 5.82 Å². The Kier molecular flexibility index (Phi) is 6.78. The van der Waals surface area contributed by atoms with E-state index in [0.29, 0.717) is 10.7 Å². The minimum Gasteiger partial charge on any atom is -0.383 e. The Balaban J connectivity index is 2.46. The minimum atomic E-state index is -3.60. The average molecular weight is 444 g/mol. The Morgan fingerprint density at radius 1 is 1.28 bits per heavy atom. The van der Waals surface area contributed by atoms with Crippen LogP contribution >= 0.6 is 11.3 Å². The van der Waals surface area contributed by atoms with Crippen molar-refractivity contribution in [1.29, 1.82) is 0 Å². The molecule has 0 aliphatic heterocycles. The van der Waals surface area contributed by atoms with Gasteiger partial charge in [0.1, 0.15) is 20.6 Å². The van der Waals surface area contributed by atoms with Gasteiger partial charge in [0.2, 0.25) is 0 Å². The van der Waals surface area contributed by atoms with Crippen LogP contribution in [0.15, 0.2) is 21.0 Å². The number of urea groups is 1. The monoisotopic (exact) mass is 443 g/mol. The molecule has 0 spiro atoms. The molecule has 2 rings (SSSR count). The highest BCUT2D eigenvalue weighted by Crippen LogP contribution is 2.33. The zero-order valence-electron chi connectivity index (χ0n) is 17.2. The molecule has 1 atom stereocenters. The first-order chi connectivity index (χ1) is 13.2. The second-order valence-corrected chi connectivity index (χ2v) is 10.8. The van der Waals surface area contributed by atoms with Crippen molar-refractivity contribution in [2.45, 2.75) is 63.2 Å². The van der Waals surface area contributed by atoms with Crippen molar-refractivity contribution in [2.24, 2.45) is 9.50 Å². The lowest BCUT2D eigenvalue weighted by molar-refractivity contribution is 0.0783. The lowest BCUT2D eigenvalue weighted by atomic mass is 9.96. The summed E-state index contributed by atoms with van der Waals surface area (Å²) in [7, 11) is -3.60. The zero-order chi connectivity index (χ0) is 22.1. The number of pyridine rings is 1. The Hall–Kier alpha value is -1.95. The molecule has 0 aliphatic carbocycles. The van der Waals surface area contributed by atoms with E-state index in [4.69, 9.17) is 5.14 Å². The van der Waals surface area contributed by atoms with Gasteiger partial charge in [-0.15, -0.1) is 15.7 Å². The summed E-state index contributed by atoms with van der Waals surface area (Å²) in [6, 6.07) is -0.980. The molecule has 0 radical (unpaired) electrons. The number of aliphatic hydroxyl groups is 1. The van der Waals surface area contributed by atoms with E-state index in [-0.39, 0.29) is 27.3 Å². The Morgan fingerprint density at radius 3 is 2.38 bits per heavy atom. The number of nitrogens with two attached hydrogens (primary N) is 1. The number of hydrogen-bond acceptors (Lipinski definition) is 6. The van der Waals surface area contributed by atoms with Gasteiger partial charge in [-0.05, 0) is 25.7 Å². The molecular formula is C18H26FN5O3S2. The van der Waals surface area contributed by atoms with Crippen molar-refractivity contribution in [1.82, 2.24) is 9.97 Å². The maximum atomic E-state index is 14.4. The largest absolute Gasteiger partial charge is 0.383 e. The maximum absolute atomic E-state index is 14.4. The van der Waals surface area contributed by atoms with Crippen molar-refractivity contribution in [3.63, 3.8) is 0 Å². The third-order valence-electron chi connectivity index (χ3n) is 3.97. The van der Waals surface area contributed by atoms with E-state index in [0.717, 1.165) is 17.5 Å². The third kappa shape index (κ3) is 5.35. The lowest BCUT2D eigenvalue weighted by Crippen LogP contribution is -2.19. The van der Waals surface area contributed by atoms with Gasteiger partial charge in [0.25, 0.3) is 0 Å². The average Bonchev–Trinajstić information content (AvgIpc) is 3.04. The van der Waals surface area contributed by atoms with Crippen LogP contribution in [0.5, 0.6) is 0 Å². The molecule has 11 heteroatoms. The predicted molar refractivity (Wildman–Crippen MR) is 112 cm³/mol. The van der Waals surface area contributed by atoms with Crippen LogP contribution in [0.25, 0.3) is 0 Å². The molecule has 0 aliphatic rings. The Labute approximate surface area is 174 Å². The fourth-order valence-electron chi connectivity index (χ4n) is 2.63. The lowest BCUT2D eigenvalue weighted by Gasteiger charge is -2.19. The van der Waals surface area contributed by atoms with E-state index < -0.39 is 27.4 Å². The number of anilines is 1. The second-order valence-electron chi connectivity index (χ2n) is 7.72. The summed E-state index contributed by atoms with van der Waals surface area (Å²) >= 11 is 0.906. The first-order valence-corrected chi connectivity index (χ1v) is 11.4. The molecular weight excluding hydrogens is 417 g/mol. The van der Waals surface area contributed by atoms with Crippen molar-refractivity contribution in [2.75, 3.05) is 5.32 Å². The molecule has 0 unspecified atom stereocenters. The SMILES string of the molecule is CC(C)c1ncc(F)c(C(C)C)c1NC(=O)N=[S@](N)(=O)c1cnc(C(C)(C)O)s1. The van der Waals surface area contributed by atoms with Gasteiger partial charge >= 0.3 is 6.03 Å². The molecule has 0 saturated heterocycles. The minimum absolute atomic E-state index is 0.0512. The summed E-state index contributed by atoms with van der Waals surface area (Å²) in [5, 5.41) is 18.6. The fourth-order valence-corrected chi connectivity index (χ4v) is 4.69. The first-order valence-electron chi connectivity index (χ1n) is 8.97. The summed E-state index contributed by atoms with van der Waals surface area (Å²) in [5.41, 5.74) is -0.255. The number of rotatable bonds is 5. The number of aromatic nitrogens is 2. The topological polar surface area (TPSA) is 131 Å². The molecule has 2 heterocycles. The Morgan fingerprint density at radius 2 is 1.90 bits per heavy atom. The third-order valence-corrected chi connectivity index (χ3v) is 7.16. The standard InChI is InChI=1S/C18H26FN5O3S2/c1-9(2)13-11(19)7-21-14(10(3)4)15(13)23-17(25)24-29(20,27)12-8-22-16(28-12)18(5,6)26/h7-10,26H,1-6H3,(H3,20,23,24,25,27)/t29-/m0/s1. The van der Waals surface area contributed by atoms with E-state index in [1.165, 1.54) is 20.0 Å². The molecule has 0 bridgehead atoms. The smallest absolute Gasteiger partial charge is 0.354 e. The number of thiazole rings is 1. The number of hydrogen-bond donors (Lipinski definition) is 3. The molecule has 2 amide bonds. The number of carbonyl (C=O) groups excluding carboxylic acids is 1.